The number of nitrogens with one attached hydrogen (secondary N) is 1. The zero-order chi connectivity index (χ0) is 13.2. The number of rotatable bonds is 3. The molecule has 0 spiro atoms. The Balaban J connectivity index is 1.60. The van der Waals surface area contributed by atoms with Crippen LogP contribution in [0.2, 0.25) is 5.02 Å². The van der Waals surface area contributed by atoms with E-state index in [1.54, 1.807) is 0 Å². The smallest absolute Gasteiger partial charge is 0.154 e. The third-order valence-corrected chi connectivity index (χ3v) is 4.80. The van der Waals surface area contributed by atoms with Crippen molar-refractivity contribution >= 4 is 17.4 Å². The molecule has 0 aromatic heterocycles. The lowest BCUT2D eigenvalue weighted by Crippen LogP contribution is -2.37. The van der Waals surface area contributed by atoms with Gasteiger partial charge in [-0.2, -0.15) is 0 Å². The van der Waals surface area contributed by atoms with Crippen molar-refractivity contribution in [2.45, 2.75) is 50.6 Å². The summed E-state index contributed by atoms with van der Waals surface area (Å²) in [6.45, 7) is 0. The van der Waals surface area contributed by atoms with Crippen LogP contribution in [-0.2, 0) is 11.2 Å². The number of carbonyl (C=O) groups excluding carboxylic acids is 1. The third kappa shape index (κ3) is 3.01. The standard InChI is InChI=1S/C16H20ClNO/c17-13-7-5-11(6-8-13)9-16(19)15-10-12-3-1-2-4-14(12)18-15/h5-8,12,14-15,18H,1-4,9-10H2. The van der Waals surface area contributed by atoms with E-state index in [0.717, 1.165) is 22.9 Å². The molecular weight excluding hydrogens is 258 g/mol. The lowest BCUT2D eigenvalue weighted by atomic mass is 9.84. The van der Waals surface area contributed by atoms with Gasteiger partial charge >= 0.3 is 0 Å². The van der Waals surface area contributed by atoms with Crippen molar-refractivity contribution in [3.8, 4) is 0 Å². The first kappa shape index (κ1) is 13.1. The maximum absolute atomic E-state index is 12.3. The predicted octanol–water partition coefficient (Wildman–Crippen LogP) is 3.37. The Labute approximate surface area is 119 Å². The molecule has 0 radical (unpaired) electrons. The van der Waals surface area contributed by atoms with Crippen LogP contribution < -0.4 is 5.32 Å². The number of fused-ring (bicyclic) bond motifs is 1. The van der Waals surface area contributed by atoms with Crippen LogP contribution in [0.15, 0.2) is 24.3 Å². The Bertz CT molecular complexity index is 442. The summed E-state index contributed by atoms with van der Waals surface area (Å²) < 4.78 is 0. The van der Waals surface area contributed by atoms with Gasteiger partial charge in [0.15, 0.2) is 5.78 Å². The van der Waals surface area contributed by atoms with Crippen molar-refractivity contribution < 1.29 is 4.79 Å². The molecule has 1 saturated carbocycles. The third-order valence-electron chi connectivity index (χ3n) is 4.54. The molecule has 1 aromatic rings. The molecule has 0 amide bonds. The van der Waals surface area contributed by atoms with Gasteiger partial charge in [0.05, 0.1) is 6.04 Å². The molecule has 3 atom stereocenters. The van der Waals surface area contributed by atoms with Gasteiger partial charge in [0.2, 0.25) is 0 Å². The van der Waals surface area contributed by atoms with E-state index < -0.39 is 0 Å². The Morgan fingerprint density at radius 3 is 2.68 bits per heavy atom. The molecular formula is C16H20ClNO. The molecule has 1 aliphatic carbocycles. The topological polar surface area (TPSA) is 29.1 Å². The molecule has 1 aliphatic heterocycles. The number of carbonyl (C=O) groups is 1. The summed E-state index contributed by atoms with van der Waals surface area (Å²) in [5, 5.41) is 4.27. The normalized spacial score (nSPS) is 30.1. The second-order valence-electron chi connectivity index (χ2n) is 5.88. The minimum Gasteiger partial charge on any atom is -0.304 e. The maximum Gasteiger partial charge on any atom is 0.154 e. The van der Waals surface area contributed by atoms with Gasteiger partial charge in [-0.3, -0.25) is 4.79 Å². The molecule has 2 fully saturated rings. The van der Waals surface area contributed by atoms with E-state index in [4.69, 9.17) is 11.6 Å². The lowest BCUT2D eigenvalue weighted by Gasteiger charge is -2.24. The van der Waals surface area contributed by atoms with Gasteiger partial charge in [-0.25, -0.2) is 0 Å². The van der Waals surface area contributed by atoms with Crippen molar-refractivity contribution in [1.82, 2.24) is 5.32 Å². The molecule has 1 saturated heterocycles. The highest BCUT2D eigenvalue weighted by Crippen LogP contribution is 2.33. The second kappa shape index (κ2) is 5.64. The van der Waals surface area contributed by atoms with E-state index in [0.29, 0.717) is 18.2 Å². The van der Waals surface area contributed by atoms with Gasteiger partial charge in [-0.05, 0) is 42.9 Å². The van der Waals surface area contributed by atoms with Gasteiger partial charge in [0.1, 0.15) is 0 Å². The molecule has 2 aliphatic rings. The van der Waals surface area contributed by atoms with Crippen molar-refractivity contribution in [3.05, 3.63) is 34.9 Å². The minimum absolute atomic E-state index is 0.0729. The molecule has 1 aromatic carbocycles. The summed E-state index contributed by atoms with van der Waals surface area (Å²) in [4.78, 5) is 12.3. The van der Waals surface area contributed by atoms with Crippen LogP contribution in [0.25, 0.3) is 0 Å². The summed E-state index contributed by atoms with van der Waals surface area (Å²) >= 11 is 5.86. The average Bonchev–Trinajstić information content (AvgIpc) is 2.85. The van der Waals surface area contributed by atoms with Gasteiger partial charge in [-0.15, -0.1) is 0 Å². The molecule has 3 rings (SSSR count). The second-order valence-corrected chi connectivity index (χ2v) is 6.31. The SMILES string of the molecule is O=C(Cc1ccc(Cl)cc1)C1CC2CCCCC2N1. The van der Waals surface area contributed by atoms with Gasteiger partial charge in [0.25, 0.3) is 0 Å². The fraction of sp³-hybridized carbons (Fsp3) is 0.562. The van der Waals surface area contributed by atoms with E-state index in [1.165, 1.54) is 25.7 Å². The molecule has 19 heavy (non-hydrogen) atoms. The van der Waals surface area contributed by atoms with Crippen LogP contribution in [-0.4, -0.2) is 17.9 Å². The highest BCUT2D eigenvalue weighted by molar-refractivity contribution is 6.30. The fourth-order valence-electron chi connectivity index (χ4n) is 3.49. The Hall–Kier alpha value is -0.860. The molecule has 3 heteroatoms. The minimum atomic E-state index is 0.0729. The summed E-state index contributed by atoms with van der Waals surface area (Å²) in [6, 6.07) is 8.26. The van der Waals surface area contributed by atoms with Crippen LogP contribution in [0.1, 0.15) is 37.7 Å². The number of ketones is 1. The van der Waals surface area contributed by atoms with Crippen molar-refractivity contribution in [3.63, 3.8) is 0 Å². The quantitative estimate of drug-likeness (QED) is 0.918. The first-order valence-electron chi connectivity index (χ1n) is 7.25. The zero-order valence-electron chi connectivity index (χ0n) is 11.1. The Morgan fingerprint density at radius 2 is 1.95 bits per heavy atom. The van der Waals surface area contributed by atoms with E-state index in [1.807, 2.05) is 24.3 Å². The van der Waals surface area contributed by atoms with Gasteiger partial charge in [-0.1, -0.05) is 36.6 Å². The first-order valence-corrected chi connectivity index (χ1v) is 7.63. The number of Topliss-reactive ketones (excluding diaryl/α,β-unsaturated/α-hetero) is 1. The Kier molecular flexibility index (Phi) is 3.90. The summed E-state index contributed by atoms with van der Waals surface area (Å²) in [7, 11) is 0. The fourth-order valence-corrected chi connectivity index (χ4v) is 3.62. The number of hydrogen-bond acceptors (Lipinski definition) is 2. The van der Waals surface area contributed by atoms with E-state index in [-0.39, 0.29) is 6.04 Å². The van der Waals surface area contributed by atoms with E-state index >= 15 is 0 Å². The first-order chi connectivity index (χ1) is 9.22. The molecule has 1 heterocycles. The van der Waals surface area contributed by atoms with E-state index in [2.05, 4.69) is 5.32 Å². The van der Waals surface area contributed by atoms with Crippen LogP contribution in [0.3, 0.4) is 0 Å². The van der Waals surface area contributed by atoms with Gasteiger partial charge < -0.3 is 5.32 Å². The highest BCUT2D eigenvalue weighted by Gasteiger charge is 2.37. The van der Waals surface area contributed by atoms with Crippen LogP contribution >= 0.6 is 11.6 Å². The van der Waals surface area contributed by atoms with Crippen molar-refractivity contribution in [2.24, 2.45) is 5.92 Å². The summed E-state index contributed by atoms with van der Waals surface area (Å²) in [5.41, 5.74) is 1.06. The van der Waals surface area contributed by atoms with Crippen molar-refractivity contribution in [1.29, 1.82) is 0 Å². The van der Waals surface area contributed by atoms with Crippen LogP contribution in [0.4, 0.5) is 0 Å². The zero-order valence-corrected chi connectivity index (χ0v) is 11.8. The molecule has 2 nitrogen and oxygen atoms in total. The number of halogens is 1. The molecule has 1 N–H and O–H groups in total. The largest absolute Gasteiger partial charge is 0.304 e. The van der Waals surface area contributed by atoms with Crippen LogP contribution in [0.5, 0.6) is 0 Å². The lowest BCUT2D eigenvalue weighted by molar-refractivity contribution is -0.120. The Morgan fingerprint density at radius 1 is 1.21 bits per heavy atom. The molecule has 0 bridgehead atoms. The summed E-state index contributed by atoms with van der Waals surface area (Å²) in [6.07, 6.45) is 6.75. The summed E-state index contributed by atoms with van der Waals surface area (Å²) in [5.74, 6) is 1.06. The highest BCUT2D eigenvalue weighted by atomic mass is 35.5. The maximum atomic E-state index is 12.3. The molecule has 3 unspecified atom stereocenters. The van der Waals surface area contributed by atoms with Crippen molar-refractivity contribution in [2.75, 3.05) is 0 Å². The van der Waals surface area contributed by atoms with Gasteiger partial charge in [0, 0.05) is 17.5 Å². The number of hydrogen-bond donors (Lipinski definition) is 1. The van der Waals surface area contributed by atoms with E-state index in [9.17, 15) is 4.79 Å². The average molecular weight is 278 g/mol. The number of benzene rings is 1. The molecule has 102 valence electrons. The predicted molar refractivity (Wildman–Crippen MR) is 77.4 cm³/mol. The monoisotopic (exact) mass is 277 g/mol. The van der Waals surface area contributed by atoms with Crippen LogP contribution in [0, 0.1) is 5.92 Å².